The first-order valence-corrected chi connectivity index (χ1v) is 8.24. The molecule has 0 saturated heterocycles. The first kappa shape index (κ1) is 18.0. The smallest absolute Gasteiger partial charge is 0.306 e. The molecule has 0 heterocycles. The first-order valence-electron chi connectivity index (χ1n) is 7.45. The van der Waals surface area contributed by atoms with E-state index in [1.165, 1.54) is 6.07 Å². The Morgan fingerprint density at radius 1 is 1.08 bits per heavy atom. The van der Waals surface area contributed by atoms with Gasteiger partial charge in [-0.25, -0.2) is 0 Å². The number of Topliss-reactive ketones (excluding diaryl/α,β-unsaturated/α-hetero) is 1. The zero-order chi connectivity index (χ0) is 17.5. The van der Waals surface area contributed by atoms with Gasteiger partial charge in [-0.3, -0.25) is 9.59 Å². The third-order valence-corrected chi connectivity index (χ3v) is 3.78. The van der Waals surface area contributed by atoms with Crippen LogP contribution in [0.3, 0.4) is 0 Å². The molecule has 0 aliphatic carbocycles. The van der Waals surface area contributed by atoms with E-state index in [2.05, 4.69) is 15.9 Å². The van der Waals surface area contributed by atoms with E-state index in [1.54, 1.807) is 25.1 Å². The second-order valence-electron chi connectivity index (χ2n) is 4.94. The molecule has 1 N–H and O–H groups in total. The summed E-state index contributed by atoms with van der Waals surface area (Å²) in [6.07, 6.45) is -0.0822. The number of carbonyl (C=O) groups is 2. The Morgan fingerprint density at radius 3 is 2.46 bits per heavy atom. The number of esters is 1. The fourth-order valence-electron chi connectivity index (χ4n) is 2.05. The van der Waals surface area contributed by atoms with Gasteiger partial charge in [-0.05, 0) is 47.1 Å². The largest absolute Gasteiger partial charge is 0.506 e. The van der Waals surface area contributed by atoms with Gasteiger partial charge in [-0.2, -0.15) is 0 Å². The van der Waals surface area contributed by atoms with Crippen molar-refractivity contribution in [1.29, 1.82) is 0 Å². The number of ether oxygens (including phenoxy) is 2. The summed E-state index contributed by atoms with van der Waals surface area (Å²) in [6.45, 7) is 1.97. The van der Waals surface area contributed by atoms with E-state index < -0.39 is 5.97 Å². The molecular weight excluding hydrogens is 376 g/mol. The Hall–Kier alpha value is -2.34. The summed E-state index contributed by atoms with van der Waals surface area (Å²) in [5, 5.41) is 10.1. The number of aromatic hydroxyl groups is 1. The molecule has 0 saturated carbocycles. The van der Waals surface area contributed by atoms with E-state index in [0.29, 0.717) is 16.0 Å². The van der Waals surface area contributed by atoms with Gasteiger partial charge in [0.15, 0.2) is 5.78 Å². The van der Waals surface area contributed by atoms with Crippen LogP contribution in [0.2, 0.25) is 0 Å². The van der Waals surface area contributed by atoms with Crippen LogP contribution < -0.4 is 4.74 Å². The molecule has 0 spiro atoms. The molecule has 2 aromatic rings. The molecule has 0 fully saturated rings. The van der Waals surface area contributed by atoms with Gasteiger partial charge in [0.05, 0.1) is 23.1 Å². The number of ketones is 1. The molecule has 0 aliphatic heterocycles. The zero-order valence-electron chi connectivity index (χ0n) is 13.1. The Balaban J connectivity index is 2.17. The second-order valence-corrected chi connectivity index (χ2v) is 5.80. The number of halogens is 1. The number of rotatable bonds is 7. The van der Waals surface area contributed by atoms with Crippen LogP contribution in [0.4, 0.5) is 0 Å². The molecule has 0 aromatic heterocycles. The van der Waals surface area contributed by atoms with Gasteiger partial charge >= 0.3 is 5.97 Å². The molecule has 126 valence electrons. The molecule has 24 heavy (non-hydrogen) atoms. The van der Waals surface area contributed by atoms with Gasteiger partial charge in [0.1, 0.15) is 17.2 Å². The molecule has 0 atom stereocenters. The number of para-hydroxylation sites is 1. The normalized spacial score (nSPS) is 10.2. The lowest BCUT2D eigenvalue weighted by atomic mass is 10.1. The predicted octanol–water partition coefficient (Wildman–Crippen LogP) is 4.47. The first-order chi connectivity index (χ1) is 11.5. The highest BCUT2D eigenvalue weighted by Crippen LogP contribution is 2.35. The molecular formula is C18H17BrO5. The van der Waals surface area contributed by atoms with Crippen molar-refractivity contribution < 1.29 is 24.2 Å². The summed E-state index contributed by atoms with van der Waals surface area (Å²) in [7, 11) is 0. The summed E-state index contributed by atoms with van der Waals surface area (Å²) in [4.78, 5) is 23.7. The van der Waals surface area contributed by atoms with Crippen LogP contribution in [-0.4, -0.2) is 23.5 Å². The molecule has 2 rings (SSSR count). The van der Waals surface area contributed by atoms with Crippen molar-refractivity contribution in [2.75, 3.05) is 6.61 Å². The summed E-state index contributed by atoms with van der Waals surface area (Å²) >= 11 is 3.21. The lowest BCUT2D eigenvalue weighted by Crippen LogP contribution is -2.08. The van der Waals surface area contributed by atoms with Crippen LogP contribution >= 0.6 is 15.9 Å². The topological polar surface area (TPSA) is 72.8 Å². The lowest BCUT2D eigenvalue weighted by molar-refractivity contribution is -0.143. The summed E-state index contributed by atoms with van der Waals surface area (Å²) < 4.78 is 10.8. The quantitative estimate of drug-likeness (QED) is 0.555. The van der Waals surface area contributed by atoms with Gasteiger partial charge in [0.2, 0.25) is 0 Å². The number of phenolic OH excluding ortho intramolecular Hbond substituents is 1. The minimum Gasteiger partial charge on any atom is -0.506 e. The average molecular weight is 393 g/mol. The molecule has 0 radical (unpaired) electrons. The summed E-state index contributed by atoms with van der Waals surface area (Å²) in [6, 6.07) is 12.1. The molecule has 0 unspecified atom stereocenters. The highest BCUT2D eigenvalue weighted by Gasteiger charge is 2.17. The lowest BCUT2D eigenvalue weighted by Gasteiger charge is -2.11. The van der Waals surface area contributed by atoms with E-state index in [9.17, 15) is 14.7 Å². The van der Waals surface area contributed by atoms with Crippen LogP contribution in [0, 0.1) is 0 Å². The van der Waals surface area contributed by atoms with E-state index in [-0.39, 0.29) is 36.5 Å². The van der Waals surface area contributed by atoms with Crippen LogP contribution in [0.15, 0.2) is 46.9 Å². The highest BCUT2D eigenvalue weighted by atomic mass is 79.9. The van der Waals surface area contributed by atoms with Crippen molar-refractivity contribution in [2.24, 2.45) is 0 Å². The molecule has 0 bridgehead atoms. The van der Waals surface area contributed by atoms with Crippen LogP contribution in [0.5, 0.6) is 17.2 Å². The maximum Gasteiger partial charge on any atom is 0.306 e. The van der Waals surface area contributed by atoms with Gasteiger partial charge in [-0.1, -0.05) is 18.2 Å². The van der Waals surface area contributed by atoms with Crippen LogP contribution in [0.1, 0.15) is 30.1 Å². The Kier molecular flexibility index (Phi) is 6.37. The van der Waals surface area contributed by atoms with Crippen molar-refractivity contribution in [3.8, 4) is 17.2 Å². The standard InChI is InChI=1S/C18H17BrO5/c1-2-23-17(21)9-8-16(20)14-10-13(11-15(19)18(14)22)24-12-6-4-3-5-7-12/h3-7,10-11,22H,2,8-9H2,1H3. The second kappa shape index (κ2) is 8.49. The Bertz CT molecular complexity index is 728. The number of hydrogen-bond acceptors (Lipinski definition) is 5. The van der Waals surface area contributed by atoms with Crippen molar-refractivity contribution in [2.45, 2.75) is 19.8 Å². The van der Waals surface area contributed by atoms with E-state index in [4.69, 9.17) is 9.47 Å². The van der Waals surface area contributed by atoms with E-state index in [1.807, 2.05) is 18.2 Å². The molecule has 6 heteroatoms. The maximum atomic E-state index is 12.3. The van der Waals surface area contributed by atoms with Crippen molar-refractivity contribution in [1.82, 2.24) is 0 Å². The number of benzene rings is 2. The fourth-order valence-corrected chi connectivity index (χ4v) is 2.49. The number of phenols is 1. The van der Waals surface area contributed by atoms with E-state index >= 15 is 0 Å². The minimum absolute atomic E-state index is 0.0342. The molecule has 0 amide bonds. The molecule has 5 nitrogen and oxygen atoms in total. The van der Waals surface area contributed by atoms with E-state index in [0.717, 1.165) is 0 Å². The Morgan fingerprint density at radius 2 is 1.79 bits per heavy atom. The number of hydrogen-bond donors (Lipinski definition) is 1. The van der Waals surface area contributed by atoms with Gasteiger partial charge in [0.25, 0.3) is 0 Å². The third-order valence-electron chi connectivity index (χ3n) is 3.18. The van der Waals surface area contributed by atoms with Gasteiger partial charge in [0, 0.05) is 6.42 Å². The fraction of sp³-hybridized carbons (Fsp3) is 0.222. The van der Waals surface area contributed by atoms with Crippen molar-refractivity contribution in [3.05, 3.63) is 52.5 Å². The van der Waals surface area contributed by atoms with Crippen molar-refractivity contribution in [3.63, 3.8) is 0 Å². The highest BCUT2D eigenvalue weighted by molar-refractivity contribution is 9.10. The van der Waals surface area contributed by atoms with Gasteiger partial charge < -0.3 is 14.6 Å². The maximum absolute atomic E-state index is 12.3. The van der Waals surface area contributed by atoms with Gasteiger partial charge in [-0.15, -0.1) is 0 Å². The van der Waals surface area contributed by atoms with Crippen molar-refractivity contribution >= 4 is 27.7 Å². The minimum atomic E-state index is -0.443. The number of carbonyl (C=O) groups excluding carboxylic acids is 2. The SMILES string of the molecule is CCOC(=O)CCC(=O)c1cc(Oc2ccccc2)cc(Br)c1O. The third kappa shape index (κ3) is 4.83. The molecule has 0 aliphatic rings. The average Bonchev–Trinajstić information content (AvgIpc) is 2.57. The summed E-state index contributed by atoms with van der Waals surface area (Å²) in [5.74, 6) is 0.0375. The Labute approximate surface area is 148 Å². The zero-order valence-corrected chi connectivity index (χ0v) is 14.7. The van der Waals surface area contributed by atoms with Crippen LogP contribution in [-0.2, 0) is 9.53 Å². The monoisotopic (exact) mass is 392 g/mol. The van der Waals surface area contributed by atoms with Crippen LogP contribution in [0.25, 0.3) is 0 Å². The predicted molar refractivity (Wildman–Crippen MR) is 92.5 cm³/mol. The molecule has 2 aromatic carbocycles. The summed E-state index contributed by atoms with van der Waals surface area (Å²) in [5.41, 5.74) is 0.0969.